The van der Waals surface area contributed by atoms with Crippen molar-refractivity contribution in [3.63, 3.8) is 0 Å². The van der Waals surface area contributed by atoms with E-state index in [1.807, 2.05) is 36.1 Å². The van der Waals surface area contributed by atoms with Crippen LogP contribution in [-0.2, 0) is 14.3 Å². The SMILES string of the molecule is CCCCCCN(C[C@@H](C)NC(=O)OCC1c2ccccc2-c2ccccc21)[C@@H](CCOC)C(=O)O. The number of carbonyl (C=O) groups excluding carboxylic acids is 1. The Labute approximate surface area is 214 Å². The van der Waals surface area contributed by atoms with Crippen LogP contribution in [0.25, 0.3) is 11.1 Å². The summed E-state index contributed by atoms with van der Waals surface area (Å²) in [4.78, 5) is 26.6. The fraction of sp³-hybridized carbons (Fsp3) is 0.517. The van der Waals surface area contributed by atoms with Crippen molar-refractivity contribution in [2.24, 2.45) is 0 Å². The molecule has 196 valence electrons. The van der Waals surface area contributed by atoms with Crippen LogP contribution in [0.3, 0.4) is 0 Å². The van der Waals surface area contributed by atoms with Gasteiger partial charge in [-0.25, -0.2) is 4.79 Å². The quantitative estimate of drug-likeness (QED) is 0.326. The predicted molar refractivity (Wildman–Crippen MR) is 141 cm³/mol. The fourth-order valence-electron chi connectivity index (χ4n) is 5.05. The zero-order valence-corrected chi connectivity index (χ0v) is 21.7. The molecule has 0 aliphatic heterocycles. The minimum Gasteiger partial charge on any atom is -0.480 e. The number of rotatable bonds is 15. The summed E-state index contributed by atoms with van der Waals surface area (Å²) >= 11 is 0. The maximum atomic E-state index is 12.7. The monoisotopic (exact) mass is 496 g/mol. The number of ether oxygens (including phenoxy) is 2. The summed E-state index contributed by atoms with van der Waals surface area (Å²) in [6, 6.07) is 15.5. The summed E-state index contributed by atoms with van der Waals surface area (Å²) < 4.78 is 10.8. The van der Waals surface area contributed by atoms with Crippen molar-refractivity contribution in [3.05, 3.63) is 59.7 Å². The lowest BCUT2D eigenvalue weighted by atomic mass is 9.98. The molecular weight excluding hydrogens is 456 g/mol. The van der Waals surface area contributed by atoms with E-state index in [0.29, 0.717) is 26.1 Å². The number of nitrogens with one attached hydrogen (secondary N) is 1. The van der Waals surface area contributed by atoms with Crippen LogP contribution in [0.5, 0.6) is 0 Å². The minimum atomic E-state index is -0.865. The highest BCUT2D eigenvalue weighted by atomic mass is 16.5. The molecule has 1 aliphatic carbocycles. The number of benzene rings is 2. The predicted octanol–water partition coefficient (Wildman–Crippen LogP) is 5.29. The van der Waals surface area contributed by atoms with Gasteiger partial charge in [-0.15, -0.1) is 0 Å². The lowest BCUT2D eigenvalue weighted by Gasteiger charge is -2.31. The third-order valence-electron chi connectivity index (χ3n) is 6.84. The number of amides is 1. The highest BCUT2D eigenvalue weighted by molar-refractivity contribution is 5.79. The molecule has 36 heavy (non-hydrogen) atoms. The lowest BCUT2D eigenvalue weighted by molar-refractivity contribution is -0.144. The number of carboxylic acids is 1. The molecule has 0 saturated heterocycles. The highest BCUT2D eigenvalue weighted by Crippen LogP contribution is 2.44. The Morgan fingerprint density at radius 1 is 1.03 bits per heavy atom. The van der Waals surface area contributed by atoms with Crippen molar-refractivity contribution in [2.45, 2.75) is 64.0 Å². The summed E-state index contributed by atoms with van der Waals surface area (Å²) in [5.74, 6) is -0.866. The standard InChI is InChI=1S/C29H40N2O5/c1-4-5-6-11-17-31(27(28(32)33)16-18-35-3)19-21(2)30-29(34)36-20-26-24-14-9-7-12-22(24)23-13-8-10-15-25(23)26/h7-10,12-15,21,26-27H,4-6,11,16-20H2,1-3H3,(H,30,34)(H,32,33)/t21-,27+/m1/s1. The van der Waals surface area contributed by atoms with E-state index in [0.717, 1.165) is 25.7 Å². The van der Waals surface area contributed by atoms with Crippen molar-refractivity contribution in [1.82, 2.24) is 10.2 Å². The van der Waals surface area contributed by atoms with Gasteiger partial charge in [-0.1, -0.05) is 74.7 Å². The van der Waals surface area contributed by atoms with E-state index in [-0.39, 0.29) is 18.6 Å². The molecule has 0 heterocycles. The fourth-order valence-corrected chi connectivity index (χ4v) is 5.05. The van der Waals surface area contributed by atoms with Crippen molar-refractivity contribution in [2.75, 3.05) is 33.4 Å². The number of unbranched alkanes of at least 4 members (excludes halogenated alkanes) is 3. The normalized spacial score (nSPS) is 14.2. The van der Waals surface area contributed by atoms with Crippen LogP contribution in [0.1, 0.15) is 63.0 Å². The Morgan fingerprint density at radius 3 is 2.25 bits per heavy atom. The van der Waals surface area contributed by atoms with Crippen LogP contribution in [-0.4, -0.2) is 67.6 Å². The number of nitrogens with zero attached hydrogens (tertiary/aromatic N) is 1. The van der Waals surface area contributed by atoms with Gasteiger partial charge in [0, 0.05) is 32.2 Å². The minimum absolute atomic E-state index is 0.000968. The molecule has 1 aliphatic rings. The number of fused-ring (bicyclic) bond motifs is 3. The molecule has 3 rings (SSSR count). The van der Waals surface area contributed by atoms with E-state index in [1.54, 1.807) is 7.11 Å². The van der Waals surface area contributed by atoms with Crippen LogP contribution in [0.4, 0.5) is 4.79 Å². The largest absolute Gasteiger partial charge is 0.480 e. The molecule has 0 radical (unpaired) electrons. The Hall–Kier alpha value is -2.90. The first kappa shape index (κ1) is 27.7. The summed E-state index contributed by atoms with van der Waals surface area (Å²) in [6.07, 6.45) is 4.12. The van der Waals surface area contributed by atoms with E-state index in [1.165, 1.54) is 22.3 Å². The second-order valence-electron chi connectivity index (χ2n) is 9.56. The zero-order chi connectivity index (χ0) is 25.9. The molecule has 1 amide bonds. The van der Waals surface area contributed by atoms with Crippen molar-refractivity contribution in [1.29, 1.82) is 0 Å². The molecule has 7 nitrogen and oxygen atoms in total. The topological polar surface area (TPSA) is 88.1 Å². The molecule has 2 atom stereocenters. The van der Waals surface area contributed by atoms with Crippen LogP contribution >= 0.6 is 0 Å². The highest BCUT2D eigenvalue weighted by Gasteiger charge is 2.30. The van der Waals surface area contributed by atoms with Crippen LogP contribution in [0, 0.1) is 0 Å². The first-order chi connectivity index (χ1) is 17.5. The molecular formula is C29H40N2O5. The maximum Gasteiger partial charge on any atom is 0.407 e. The van der Waals surface area contributed by atoms with Gasteiger partial charge in [-0.05, 0) is 48.6 Å². The molecule has 0 fully saturated rings. The average molecular weight is 497 g/mol. The van der Waals surface area contributed by atoms with Gasteiger partial charge in [0.2, 0.25) is 0 Å². The molecule has 2 N–H and O–H groups in total. The van der Waals surface area contributed by atoms with Crippen molar-refractivity contribution in [3.8, 4) is 11.1 Å². The maximum absolute atomic E-state index is 12.7. The number of hydrogen-bond donors (Lipinski definition) is 2. The van der Waals surface area contributed by atoms with Gasteiger partial charge in [-0.3, -0.25) is 9.69 Å². The number of carbonyl (C=O) groups is 2. The van der Waals surface area contributed by atoms with Gasteiger partial charge in [0.05, 0.1) is 0 Å². The van der Waals surface area contributed by atoms with Gasteiger partial charge in [0.15, 0.2) is 0 Å². The summed E-state index contributed by atoms with van der Waals surface area (Å²) in [6.45, 7) is 5.75. The van der Waals surface area contributed by atoms with Crippen LogP contribution in [0.15, 0.2) is 48.5 Å². The second kappa shape index (κ2) is 14.0. The molecule has 2 aromatic carbocycles. The molecule has 0 bridgehead atoms. The van der Waals surface area contributed by atoms with E-state index >= 15 is 0 Å². The Morgan fingerprint density at radius 2 is 1.67 bits per heavy atom. The van der Waals surface area contributed by atoms with Gasteiger partial charge in [-0.2, -0.15) is 0 Å². The van der Waals surface area contributed by atoms with Crippen LogP contribution < -0.4 is 5.32 Å². The van der Waals surface area contributed by atoms with E-state index < -0.39 is 18.1 Å². The van der Waals surface area contributed by atoms with Gasteiger partial charge < -0.3 is 19.9 Å². The van der Waals surface area contributed by atoms with Gasteiger partial charge in [0.25, 0.3) is 0 Å². The molecule has 0 unspecified atom stereocenters. The Bertz CT molecular complexity index is 950. The number of hydrogen-bond acceptors (Lipinski definition) is 5. The van der Waals surface area contributed by atoms with Gasteiger partial charge in [0.1, 0.15) is 12.6 Å². The van der Waals surface area contributed by atoms with Gasteiger partial charge >= 0.3 is 12.1 Å². The first-order valence-corrected chi connectivity index (χ1v) is 13.0. The Kier molecular flexibility index (Phi) is 10.8. The van der Waals surface area contributed by atoms with E-state index in [9.17, 15) is 14.7 Å². The molecule has 7 heteroatoms. The summed E-state index contributed by atoms with van der Waals surface area (Å²) in [7, 11) is 1.58. The number of alkyl carbamates (subject to hydrolysis) is 1. The third kappa shape index (κ3) is 7.31. The summed E-state index contributed by atoms with van der Waals surface area (Å²) in [5.41, 5.74) is 4.70. The lowest BCUT2D eigenvalue weighted by Crippen LogP contribution is -2.49. The molecule has 2 aromatic rings. The summed E-state index contributed by atoms with van der Waals surface area (Å²) in [5, 5.41) is 12.7. The Balaban J connectivity index is 1.58. The van der Waals surface area contributed by atoms with Crippen molar-refractivity contribution >= 4 is 12.1 Å². The smallest absolute Gasteiger partial charge is 0.407 e. The van der Waals surface area contributed by atoms with Crippen molar-refractivity contribution < 1.29 is 24.2 Å². The number of aliphatic carboxylic acids is 1. The molecule has 0 aromatic heterocycles. The van der Waals surface area contributed by atoms with E-state index in [4.69, 9.17) is 9.47 Å². The number of methoxy groups -OCH3 is 1. The molecule has 0 saturated carbocycles. The molecule has 0 spiro atoms. The average Bonchev–Trinajstić information content (AvgIpc) is 3.18. The third-order valence-corrected chi connectivity index (χ3v) is 6.84. The van der Waals surface area contributed by atoms with E-state index in [2.05, 4.69) is 36.5 Å². The van der Waals surface area contributed by atoms with Crippen LogP contribution in [0.2, 0.25) is 0 Å². The number of carboxylic acid groups (broad SMARTS) is 1. The first-order valence-electron chi connectivity index (χ1n) is 13.0. The second-order valence-corrected chi connectivity index (χ2v) is 9.56. The zero-order valence-electron chi connectivity index (χ0n) is 21.7.